The van der Waals surface area contributed by atoms with Crippen LogP contribution in [0.15, 0.2) is 29.2 Å². The van der Waals surface area contributed by atoms with Crippen molar-refractivity contribution in [3.63, 3.8) is 0 Å². The third kappa shape index (κ3) is 10.1. The Morgan fingerprint density at radius 3 is 2.14 bits per heavy atom. The second-order valence-corrected chi connectivity index (χ2v) is 10.8. The highest BCUT2D eigenvalue weighted by Crippen LogP contribution is 2.15. The maximum absolute atomic E-state index is 13.2. The lowest BCUT2D eigenvalue weighted by atomic mass is 10.0. The lowest BCUT2D eigenvalue weighted by Gasteiger charge is -2.25. The molecule has 2 heterocycles. The molecule has 4 amide bonds. The maximum Gasteiger partial charge on any atom is 0.326 e. The molecule has 1 aromatic rings. The normalized spacial score (nSPS) is 17.1. The van der Waals surface area contributed by atoms with E-state index in [2.05, 4.69) is 21.3 Å². The van der Waals surface area contributed by atoms with Crippen LogP contribution in [0, 0.1) is 5.41 Å². The van der Waals surface area contributed by atoms with Crippen molar-refractivity contribution in [2.45, 2.75) is 63.0 Å². The highest BCUT2D eigenvalue weighted by Gasteiger charge is 2.32. The van der Waals surface area contributed by atoms with Gasteiger partial charge in [0.1, 0.15) is 30.2 Å². The number of nitrogens with one attached hydrogen (secondary N) is 5. The van der Waals surface area contributed by atoms with E-state index < -0.39 is 72.5 Å². The number of carbonyl (C=O) groups excluding carboxylic acids is 4. The van der Waals surface area contributed by atoms with Crippen LogP contribution in [0.5, 0.6) is 0 Å². The molecular weight excluding hydrogens is 572 g/mol. The molecule has 42 heavy (non-hydrogen) atoms. The number of nitrogens with two attached hydrogens (primary N) is 2. The van der Waals surface area contributed by atoms with Crippen LogP contribution in [0.1, 0.15) is 25.1 Å². The van der Waals surface area contributed by atoms with Gasteiger partial charge in [0.15, 0.2) is 5.96 Å². The van der Waals surface area contributed by atoms with Gasteiger partial charge >= 0.3 is 5.97 Å². The number of aliphatic hydroxyl groups excluding tert-OH is 2. The van der Waals surface area contributed by atoms with Crippen molar-refractivity contribution in [1.29, 1.82) is 5.41 Å². The van der Waals surface area contributed by atoms with Crippen molar-refractivity contribution in [3.8, 4) is 0 Å². The fraction of sp³-hybridized carbons (Fsp3) is 0.520. The number of hydrogen-bond acceptors (Lipinski definition) is 10. The molecule has 6 unspecified atom stereocenters. The van der Waals surface area contributed by atoms with E-state index in [0.717, 1.165) is 4.88 Å². The maximum atomic E-state index is 13.2. The first-order chi connectivity index (χ1) is 19.7. The van der Waals surface area contributed by atoms with E-state index in [9.17, 15) is 39.3 Å². The molecule has 12 N–H and O–H groups in total. The number of aliphatic carboxylic acids is 1. The topological polar surface area (TPSA) is 273 Å². The summed E-state index contributed by atoms with van der Waals surface area (Å²) >= 11 is 1.33. The third-order valence-electron chi connectivity index (χ3n) is 6.42. The Bertz CT molecular complexity index is 1180. The average molecular weight is 611 g/mol. The van der Waals surface area contributed by atoms with Crippen molar-refractivity contribution < 1.29 is 39.3 Å². The molecule has 0 aromatic carbocycles. The number of aliphatic hydroxyl groups is 2. The average Bonchev–Trinajstić information content (AvgIpc) is 3.62. The Labute approximate surface area is 246 Å². The number of hydrogen-bond donors (Lipinski definition) is 10. The van der Waals surface area contributed by atoms with E-state index in [1.165, 1.54) is 30.1 Å². The number of carbonyl (C=O) groups is 5. The number of carboxylic acids is 1. The quantitative estimate of drug-likeness (QED) is 0.0530. The molecule has 1 aliphatic rings. The number of rotatable bonds is 15. The summed E-state index contributed by atoms with van der Waals surface area (Å²) in [5, 5.41) is 47.7. The Morgan fingerprint density at radius 2 is 1.62 bits per heavy atom. The molecule has 1 aromatic heterocycles. The molecule has 0 spiro atoms. The van der Waals surface area contributed by atoms with Gasteiger partial charge in [-0.2, -0.15) is 0 Å². The predicted octanol–water partition coefficient (Wildman–Crippen LogP) is -3.44. The van der Waals surface area contributed by atoms with Gasteiger partial charge in [-0.05, 0) is 31.7 Å². The molecule has 2 rings (SSSR count). The van der Waals surface area contributed by atoms with Crippen LogP contribution in [0.3, 0.4) is 0 Å². The molecule has 17 heteroatoms. The van der Waals surface area contributed by atoms with Crippen LogP contribution >= 0.6 is 11.3 Å². The van der Waals surface area contributed by atoms with Crippen LogP contribution < -0.4 is 32.7 Å². The smallest absolute Gasteiger partial charge is 0.326 e. The van der Waals surface area contributed by atoms with Gasteiger partial charge in [0.05, 0.1) is 12.7 Å². The molecule has 6 atom stereocenters. The van der Waals surface area contributed by atoms with Gasteiger partial charge < -0.3 is 53.0 Å². The first-order valence-corrected chi connectivity index (χ1v) is 13.9. The first-order valence-electron chi connectivity index (χ1n) is 13.0. The van der Waals surface area contributed by atoms with Crippen molar-refractivity contribution in [3.05, 3.63) is 34.0 Å². The summed E-state index contributed by atoms with van der Waals surface area (Å²) in [5.74, 6) is -4.88. The predicted molar refractivity (Wildman–Crippen MR) is 152 cm³/mol. The largest absolute Gasteiger partial charge is 0.480 e. The molecular formula is C25H38N8O8S. The number of guanidine groups is 1. The highest BCUT2D eigenvalue weighted by molar-refractivity contribution is 7.09. The minimum Gasteiger partial charge on any atom is -0.480 e. The van der Waals surface area contributed by atoms with Crippen molar-refractivity contribution in [2.75, 3.05) is 19.7 Å². The number of thiophene rings is 1. The van der Waals surface area contributed by atoms with Gasteiger partial charge in [-0.25, -0.2) is 4.79 Å². The lowest BCUT2D eigenvalue weighted by molar-refractivity contribution is -0.142. The van der Waals surface area contributed by atoms with Crippen LogP contribution in [0.4, 0.5) is 0 Å². The third-order valence-corrected chi connectivity index (χ3v) is 7.32. The number of nitrogens with zero attached hydrogens (tertiary/aromatic N) is 1. The van der Waals surface area contributed by atoms with E-state index in [0.29, 0.717) is 12.1 Å². The van der Waals surface area contributed by atoms with Crippen LogP contribution in [0.2, 0.25) is 0 Å². The second kappa shape index (κ2) is 15.8. The molecule has 0 radical (unpaired) electrons. The van der Waals surface area contributed by atoms with Crippen molar-refractivity contribution >= 4 is 46.9 Å². The Kier molecular flexibility index (Phi) is 12.9. The molecule has 232 valence electrons. The number of amides is 4. The lowest BCUT2D eigenvalue weighted by Crippen LogP contribution is -2.59. The first kappa shape index (κ1) is 34.1. The monoisotopic (exact) mass is 610 g/mol. The summed E-state index contributed by atoms with van der Waals surface area (Å²) in [4.78, 5) is 65.0. The van der Waals surface area contributed by atoms with Crippen LogP contribution in [-0.2, 0) is 30.4 Å². The van der Waals surface area contributed by atoms with E-state index in [1.807, 2.05) is 0 Å². The Morgan fingerprint density at radius 1 is 1.00 bits per heavy atom. The molecule has 0 saturated carbocycles. The summed E-state index contributed by atoms with van der Waals surface area (Å²) in [6.07, 6.45) is 0.498. The van der Waals surface area contributed by atoms with Crippen molar-refractivity contribution in [1.82, 2.24) is 26.2 Å². The summed E-state index contributed by atoms with van der Waals surface area (Å²) < 4.78 is 0. The van der Waals surface area contributed by atoms with Gasteiger partial charge in [-0.15, -0.1) is 11.3 Å². The fourth-order valence-electron chi connectivity index (χ4n) is 3.88. The Balaban J connectivity index is 2.06. The standard InChI is InChI=1S/C25H38N8O8S/c1-12(20(36)31-17(24(40)41)9-15-4-3-7-42-15)29-22(38)18(11-34)32-21(37)16(30-23(39)19(26)13(2)35)8-14-5-6-33(10-14)25(27)28/h3-5,7,12-13,16-19,34-35H,6,8-11,26H2,1-2H3,(H3,27,28)(H,29,38)(H,30,39)(H,31,36)(H,32,37)(H,40,41). The van der Waals surface area contributed by atoms with E-state index in [-0.39, 0.29) is 25.3 Å². The van der Waals surface area contributed by atoms with Gasteiger partial charge in [-0.1, -0.05) is 17.7 Å². The zero-order valence-corrected chi connectivity index (χ0v) is 24.0. The summed E-state index contributed by atoms with van der Waals surface area (Å²) in [7, 11) is 0. The molecule has 0 bridgehead atoms. The summed E-state index contributed by atoms with van der Waals surface area (Å²) in [6, 6.07) is -3.17. The van der Waals surface area contributed by atoms with E-state index in [4.69, 9.17) is 16.9 Å². The molecule has 16 nitrogen and oxygen atoms in total. The minimum absolute atomic E-state index is 0.0428. The SMILES string of the molecule is CC(NC(=O)C(CO)NC(=O)C(CC1=CCN(C(=N)N)C1)NC(=O)C(N)C(C)O)C(=O)NC(Cc1cccs1)C(=O)O. The van der Waals surface area contributed by atoms with Crippen LogP contribution in [-0.4, -0.2) is 112 Å². The highest BCUT2D eigenvalue weighted by atomic mass is 32.1. The Hall–Kier alpha value is -4.06. The number of carboxylic acid groups (broad SMARTS) is 1. The molecule has 0 fully saturated rings. The summed E-state index contributed by atoms with van der Waals surface area (Å²) in [6.45, 7) is 2.28. The van der Waals surface area contributed by atoms with E-state index in [1.54, 1.807) is 23.6 Å². The molecule has 0 aliphatic carbocycles. The fourth-order valence-corrected chi connectivity index (χ4v) is 4.63. The second-order valence-electron chi connectivity index (χ2n) is 9.82. The minimum atomic E-state index is -1.54. The van der Waals surface area contributed by atoms with Gasteiger partial charge in [0.2, 0.25) is 23.6 Å². The van der Waals surface area contributed by atoms with Crippen molar-refractivity contribution in [2.24, 2.45) is 11.5 Å². The van der Waals surface area contributed by atoms with Crippen LogP contribution in [0.25, 0.3) is 0 Å². The molecule has 1 aliphatic heterocycles. The van der Waals surface area contributed by atoms with Gasteiger partial charge in [0.25, 0.3) is 0 Å². The zero-order chi connectivity index (χ0) is 31.6. The summed E-state index contributed by atoms with van der Waals surface area (Å²) in [5.41, 5.74) is 11.9. The zero-order valence-electron chi connectivity index (χ0n) is 23.2. The van der Waals surface area contributed by atoms with Gasteiger partial charge in [0, 0.05) is 24.4 Å². The molecule has 0 saturated heterocycles. The van der Waals surface area contributed by atoms with E-state index >= 15 is 0 Å². The van der Waals surface area contributed by atoms with Gasteiger partial charge in [-0.3, -0.25) is 24.6 Å².